The Morgan fingerprint density at radius 3 is 3.00 bits per heavy atom. The van der Waals surface area contributed by atoms with Gasteiger partial charge in [-0.2, -0.15) is 0 Å². The lowest BCUT2D eigenvalue weighted by molar-refractivity contribution is -0.209. The Labute approximate surface area is 159 Å². The van der Waals surface area contributed by atoms with Crippen molar-refractivity contribution in [2.45, 2.75) is 38.3 Å². The van der Waals surface area contributed by atoms with Crippen molar-refractivity contribution in [1.29, 1.82) is 0 Å². The average Bonchev–Trinajstić information content (AvgIpc) is 3.07. The van der Waals surface area contributed by atoms with Crippen molar-refractivity contribution in [3.8, 4) is 0 Å². The lowest BCUT2D eigenvalue weighted by Crippen LogP contribution is -2.73. The molecule has 1 aromatic carbocycles. The van der Waals surface area contributed by atoms with Crippen LogP contribution in [0.5, 0.6) is 0 Å². The van der Waals surface area contributed by atoms with Crippen LogP contribution in [-0.4, -0.2) is 47.3 Å². The van der Waals surface area contributed by atoms with Crippen molar-refractivity contribution in [3.05, 3.63) is 47.7 Å². The highest BCUT2D eigenvalue weighted by atomic mass is 16.5. The number of piperidine rings is 3. The Hall–Kier alpha value is -2.11. The maximum atomic E-state index is 13.2. The lowest BCUT2D eigenvalue weighted by Gasteiger charge is -2.66. The molecule has 0 amide bonds. The van der Waals surface area contributed by atoms with Gasteiger partial charge < -0.3 is 14.8 Å². The molecule has 0 spiro atoms. The quantitative estimate of drug-likeness (QED) is 0.647. The molecule has 5 unspecified atom stereocenters. The van der Waals surface area contributed by atoms with Crippen LogP contribution in [0.4, 0.5) is 0 Å². The van der Waals surface area contributed by atoms with Crippen molar-refractivity contribution in [2.24, 2.45) is 10.8 Å². The van der Waals surface area contributed by atoms with Crippen LogP contribution in [0.3, 0.4) is 0 Å². The highest BCUT2D eigenvalue weighted by Crippen LogP contribution is 2.65. The number of para-hydroxylation sites is 1. The molecule has 2 N–H and O–H groups in total. The number of aliphatic hydroxyl groups is 1. The Morgan fingerprint density at radius 2 is 2.26 bits per heavy atom. The van der Waals surface area contributed by atoms with E-state index in [1.807, 2.05) is 13.0 Å². The zero-order chi connectivity index (χ0) is 18.8. The second kappa shape index (κ2) is 5.69. The molecular weight excluding hydrogens is 340 g/mol. The third-order valence-corrected chi connectivity index (χ3v) is 7.49. The first kappa shape index (κ1) is 17.0. The molecule has 3 saturated heterocycles. The third kappa shape index (κ3) is 1.89. The van der Waals surface area contributed by atoms with Crippen LogP contribution < -0.4 is 0 Å². The standard InChI is InChI=1S/C22H26N2O3/c1-3-8-21-9-10-24-17(12-21)19-15(14-6-4-5-7-16(14)23-19)11-18(24)22(21,13-25)20(26)27-2/h3-8,17-18,23,25H,9-13H2,1-2H3. The number of aliphatic hydroxyl groups excluding tert-OH is 1. The number of carbonyl (C=O) groups is 1. The molecule has 3 fully saturated rings. The predicted molar refractivity (Wildman–Crippen MR) is 103 cm³/mol. The number of methoxy groups -OCH3 is 1. The molecule has 0 aliphatic carbocycles. The molecule has 5 heterocycles. The van der Waals surface area contributed by atoms with Gasteiger partial charge in [0.05, 0.1) is 19.8 Å². The molecule has 0 radical (unpaired) electrons. The first-order chi connectivity index (χ1) is 13.1. The van der Waals surface area contributed by atoms with Gasteiger partial charge in [-0.1, -0.05) is 30.4 Å². The fraction of sp³-hybridized carbons (Fsp3) is 0.500. The molecule has 27 heavy (non-hydrogen) atoms. The predicted octanol–water partition coefficient (Wildman–Crippen LogP) is 2.96. The van der Waals surface area contributed by atoms with Crippen LogP contribution in [0.15, 0.2) is 36.4 Å². The number of carbonyl (C=O) groups excluding carboxylic acids is 1. The summed E-state index contributed by atoms with van der Waals surface area (Å²) in [5.74, 6) is -0.278. The van der Waals surface area contributed by atoms with Crippen molar-refractivity contribution < 1.29 is 14.6 Å². The van der Waals surface area contributed by atoms with Gasteiger partial charge >= 0.3 is 5.97 Å². The van der Waals surface area contributed by atoms with Gasteiger partial charge in [0.2, 0.25) is 0 Å². The van der Waals surface area contributed by atoms with E-state index >= 15 is 0 Å². The minimum Gasteiger partial charge on any atom is -0.468 e. The second-order valence-electron chi connectivity index (χ2n) is 8.27. The summed E-state index contributed by atoms with van der Waals surface area (Å²) >= 11 is 0. The van der Waals surface area contributed by atoms with Crippen molar-refractivity contribution >= 4 is 16.9 Å². The number of nitrogens with one attached hydrogen (secondary N) is 1. The van der Waals surface area contributed by atoms with Gasteiger partial charge in [0.25, 0.3) is 0 Å². The van der Waals surface area contributed by atoms with Gasteiger partial charge in [0.15, 0.2) is 0 Å². The summed E-state index contributed by atoms with van der Waals surface area (Å²) in [6, 6.07) is 8.59. The van der Waals surface area contributed by atoms with Crippen LogP contribution >= 0.6 is 0 Å². The van der Waals surface area contributed by atoms with E-state index in [4.69, 9.17) is 4.74 Å². The van der Waals surface area contributed by atoms with E-state index in [1.54, 1.807) is 0 Å². The molecular formula is C22H26N2O3. The van der Waals surface area contributed by atoms with Gasteiger partial charge in [0.1, 0.15) is 5.41 Å². The first-order valence-corrected chi connectivity index (χ1v) is 9.80. The fourth-order valence-electron chi connectivity index (χ4n) is 6.39. The Balaban J connectivity index is 1.76. The molecule has 2 aromatic rings. The molecule has 1 aromatic heterocycles. The molecule has 5 atom stereocenters. The number of fused-ring (bicyclic) bond motifs is 4. The van der Waals surface area contributed by atoms with Crippen molar-refractivity contribution in [3.63, 3.8) is 0 Å². The van der Waals surface area contributed by atoms with Crippen LogP contribution in [0.1, 0.15) is 37.1 Å². The zero-order valence-electron chi connectivity index (χ0n) is 15.9. The number of allylic oxidation sites excluding steroid dienone is 2. The Kier molecular flexibility index (Phi) is 3.59. The monoisotopic (exact) mass is 366 g/mol. The topological polar surface area (TPSA) is 65.6 Å². The molecule has 6 rings (SSSR count). The average molecular weight is 366 g/mol. The number of esters is 1. The molecule has 5 heteroatoms. The van der Waals surface area contributed by atoms with Crippen LogP contribution in [0.2, 0.25) is 0 Å². The molecule has 4 aliphatic rings. The first-order valence-electron chi connectivity index (χ1n) is 9.80. The van der Waals surface area contributed by atoms with Gasteiger partial charge in [0, 0.05) is 34.6 Å². The highest BCUT2D eigenvalue weighted by Gasteiger charge is 2.69. The van der Waals surface area contributed by atoms with E-state index < -0.39 is 5.41 Å². The summed E-state index contributed by atoms with van der Waals surface area (Å²) in [7, 11) is 1.44. The lowest BCUT2D eigenvalue weighted by atomic mass is 9.48. The SMILES string of the molecule is CC=CC12CCN3C(C1)c1[nH]c4ccccc4c1CC3C2(CO)C(=O)OC. The van der Waals surface area contributed by atoms with Gasteiger partial charge in [-0.3, -0.25) is 9.69 Å². The summed E-state index contributed by atoms with van der Waals surface area (Å²) in [4.78, 5) is 19.3. The number of H-pyrrole nitrogens is 1. The number of ether oxygens (including phenoxy) is 1. The maximum absolute atomic E-state index is 13.2. The van der Waals surface area contributed by atoms with Crippen molar-refractivity contribution in [2.75, 3.05) is 20.3 Å². The summed E-state index contributed by atoms with van der Waals surface area (Å²) in [6.45, 7) is 2.75. The highest BCUT2D eigenvalue weighted by molar-refractivity contribution is 5.86. The summed E-state index contributed by atoms with van der Waals surface area (Å²) in [5, 5.41) is 11.8. The van der Waals surface area contributed by atoms with E-state index in [0.717, 1.165) is 31.3 Å². The zero-order valence-corrected chi connectivity index (χ0v) is 15.9. The van der Waals surface area contributed by atoms with E-state index in [1.165, 1.54) is 23.8 Å². The number of hydrogen-bond donors (Lipinski definition) is 2. The fourth-order valence-corrected chi connectivity index (χ4v) is 6.39. The number of hydrogen-bond acceptors (Lipinski definition) is 4. The minimum atomic E-state index is -0.918. The van der Waals surface area contributed by atoms with Crippen LogP contribution in [0.25, 0.3) is 10.9 Å². The largest absolute Gasteiger partial charge is 0.468 e. The van der Waals surface area contributed by atoms with Crippen LogP contribution in [0, 0.1) is 10.8 Å². The van der Waals surface area contributed by atoms with Gasteiger partial charge in [-0.25, -0.2) is 0 Å². The number of benzene rings is 1. The summed E-state index contributed by atoms with van der Waals surface area (Å²) < 4.78 is 5.29. The molecule has 0 saturated carbocycles. The number of nitrogens with zero attached hydrogens (tertiary/aromatic N) is 1. The molecule has 4 bridgehead atoms. The maximum Gasteiger partial charge on any atom is 0.316 e. The van der Waals surface area contributed by atoms with Gasteiger partial charge in [-0.15, -0.1) is 0 Å². The third-order valence-electron chi connectivity index (χ3n) is 7.49. The Morgan fingerprint density at radius 1 is 1.44 bits per heavy atom. The Bertz CT molecular complexity index is 948. The molecule has 5 nitrogen and oxygen atoms in total. The number of rotatable bonds is 3. The second-order valence-corrected chi connectivity index (χ2v) is 8.27. The normalized spacial score (nSPS) is 36.9. The summed E-state index contributed by atoms with van der Waals surface area (Å²) in [6.07, 6.45) is 6.66. The number of aromatic amines is 1. The van der Waals surface area contributed by atoms with E-state index in [0.29, 0.717) is 0 Å². The van der Waals surface area contributed by atoms with E-state index in [-0.39, 0.29) is 30.1 Å². The van der Waals surface area contributed by atoms with E-state index in [9.17, 15) is 9.90 Å². The van der Waals surface area contributed by atoms with Crippen molar-refractivity contribution in [1.82, 2.24) is 9.88 Å². The number of aromatic nitrogens is 1. The van der Waals surface area contributed by atoms with Crippen LogP contribution in [-0.2, 0) is 16.0 Å². The summed E-state index contributed by atoms with van der Waals surface area (Å²) in [5.41, 5.74) is 2.45. The minimum absolute atomic E-state index is 0.0506. The molecule has 4 aliphatic heterocycles. The smallest absolute Gasteiger partial charge is 0.316 e. The van der Waals surface area contributed by atoms with Gasteiger partial charge in [-0.05, 0) is 37.8 Å². The molecule has 142 valence electrons. The van der Waals surface area contributed by atoms with E-state index in [2.05, 4.69) is 40.2 Å².